The SMILES string of the molecule is CC=N/C(=C(\C)COC(=N)/C=C\C(=N)C(N)=O)c1ccc(F)c(F)c1. The lowest BCUT2D eigenvalue weighted by Crippen LogP contribution is -2.20. The van der Waals surface area contributed by atoms with Gasteiger partial charge in [0.2, 0.25) is 5.90 Å². The number of carbonyl (C=O) groups is 1. The summed E-state index contributed by atoms with van der Waals surface area (Å²) in [4.78, 5) is 14.8. The van der Waals surface area contributed by atoms with Crippen molar-refractivity contribution in [3.05, 3.63) is 53.1 Å². The minimum atomic E-state index is -0.990. The van der Waals surface area contributed by atoms with Crippen LogP contribution in [0.2, 0.25) is 0 Å². The molecule has 1 amide bonds. The topological polar surface area (TPSA) is 112 Å². The Balaban J connectivity index is 2.92. The molecule has 132 valence electrons. The Labute approximate surface area is 143 Å². The molecule has 0 aliphatic rings. The molecule has 0 spiro atoms. The molecule has 0 fully saturated rings. The number of amides is 1. The van der Waals surface area contributed by atoms with E-state index < -0.39 is 23.3 Å². The molecule has 0 bridgehead atoms. The first-order valence-electron chi connectivity index (χ1n) is 7.17. The Bertz CT molecular complexity index is 783. The molecule has 0 radical (unpaired) electrons. The Kier molecular flexibility index (Phi) is 7.33. The molecule has 8 heteroatoms. The van der Waals surface area contributed by atoms with Crippen molar-refractivity contribution in [1.29, 1.82) is 10.8 Å². The van der Waals surface area contributed by atoms with Gasteiger partial charge in [0.15, 0.2) is 11.6 Å². The Morgan fingerprint density at radius 2 is 1.96 bits per heavy atom. The van der Waals surface area contributed by atoms with E-state index in [0.717, 1.165) is 24.3 Å². The van der Waals surface area contributed by atoms with E-state index in [4.69, 9.17) is 21.3 Å². The minimum Gasteiger partial charge on any atom is -0.473 e. The number of nitrogens with zero attached hydrogens (tertiary/aromatic N) is 1. The number of carbonyl (C=O) groups excluding carboxylic acids is 1. The molecule has 0 atom stereocenters. The van der Waals surface area contributed by atoms with Gasteiger partial charge in [-0.25, -0.2) is 8.78 Å². The summed E-state index contributed by atoms with van der Waals surface area (Å²) in [7, 11) is 0. The summed E-state index contributed by atoms with van der Waals surface area (Å²) in [5, 5.41) is 14.8. The summed E-state index contributed by atoms with van der Waals surface area (Å²) in [6, 6.07) is 3.43. The van der Waals surface area contributed by atoms with E-state index in [9.17, 15) is 13.6 Å². The van der Waals surface area contributed by atoms with Crippen LogP contribution in [0.4, 0.5) is 8.78 Å². The first kappa shape index (κ1) is 19.9. The van der Waals surface area contributed by atoms with Gasteiger partial charge in [0.25, 0.3) is 5.91 Å². The van der Waals surface area contributed by atoms with Crippen molar-refractivity contribution in [2.24, 2.45) is 10.7 Å². The van der Waals surface area contributed by atoms with Crippen LogP contribution in [-0.2, 0) is 9.53 Å². The standard InChI is InChI=1S/C17H18F2N4O2/c1-3-23-16(11-4-5-12(18)13(19)8-11)10(2)9-25-15(21)7-6-14(20)17(22)24/h3-8,20-21H,9H2,1-2H3,(H2,22,24)/b7-6-,16-10+,20-14?,21-15?,23-3?. The molecule has 1 rings (SSSR count). The number of hydrogen-bond acceptors (Lipinski definition) is 5. The number of hydrogen-bond donors (Lipinski definition) is 3. The average Bonchev–Trinajstić information content (AvgIpc) is 2.57. The predicted octanol–water partition coefficient (Wildman–Crippen LogP) is 2.84. The summed E-state index contributed by atoms with van der Waals surface area (Å²) < 4.78 is 31.7. The smallest absolute Gasteiger partial charge is 0.266 e. The maximum absolute atomic E-state index is 13.4. The Hall–Kier alpha value is -3.16. The third-order valence-electron chi connectivity index (χ3n) is 2.97. The lowest BCUT2D eigenvalue weighted by atomic mass is 10.1. The van der Waals surface area contributed by atoms with E-state index in [-0.39, 0.29) is 12.5 Å². The van der Waals surface area contributed by atoms with Crippen LogP contribution in [0.1, 0.15) is 19.4 Å². The molecule has 1 aromatic rings. The van der Waals surface area contributed by atoms with Crippen LogP contribution in [0.25, 0.3) is 5.70 Å². The summed E-state index contributed by atoms with van der Waals surface area (Å²) in [6.07, 6.45) is 3.66. The van der Waals surface area contributed by atoms with Gasteiger partial charge in [-0.2, -0.15) is 0 Å². The first-order chi connectivity index (χ1) is 11.8. The van der Waals surface area contributed by atoms with Gasteiger partial charge in [0.05, 0.1) is 5.70 Å². The molecule has 4 N–H and O–H groups in total. The number of ether oxygens (including phenoxy) is 1. The Morgan fingerprint density at radius 3 is 2.52 bits per heavy atom. The lowest BCUT2D eigenvalue weighted by molar-refractivity contribution is -0.111. The van der Waals surface area contributed by atoms with Crippen molar-refractivity contribution in [2.75, 3.05) is 6.61 Å². The number of rotatable bonds is 7. The van der Waals surface area contributed by atoms with Crippen molar-refractivity contribution in [1.82, 2.24) is 0 Å². The van der Waals surface area contributed by atoms with Gasteiger partial charge in [0, 0.05) is 17.9 Å². The van der Waals surface area contributed by atoms with E-state index >= 15 is 0 Å². The van der Waals surface area contributed by atoms with Gasteiger partial charge in [-0.05, 0) is 43.7 Å². The molecule has 1 aromatic carbocycles. The third kappa shape index (κ3) is 6.09. The molecule has 0 unspecified atom stereocenters. The number of primary amides is 1. The predicted molar refractivity (Wildman–Crippen MR) is 92.9 cm³/mol. The van der Waals surface area contributed by atoms with Crippen LogP contribution < -0.4 is 5.73 Å². The van der Waals surface area contributed by atoms with Gasteiger partial charge in [-0.1, -0.05) is 0 Å². The molecular weight excluding hydrogens is 330 g/mol. The van der Waals surface area contributed by atoms with Crippen LogP contribution in [0.15, 0.2) is 40.9 Å². The van der Waals surface area contributed by atoms with Crippen molar-refractivity contribution >= 4 is 29.4 Å². The zero-order valence-electron chi connectivity index (χ0n) is 13.8. The fraction of sp³-hybridized carbons (Fsp3) is 0.176. The molecule has 0 aliphatic carbocycles. The number of benzene rings is 1. The highest BCUT2D eigenvalue weighted by Crippen LogP contribution is 2.22. The third-order valence-corrected chi connectivity index (χ3v) is 2.97. The normalized spacial score (nSPS) is 12.3. The molecule has 0 saturated carbocycles. The lowest BCUT2D eigenvalue weighted by Gasteiger charge is -2.10. The maximum atomic E-state index is 13.4. The second-order valence-electron chi connectivity index (χ2n) is 4.91. The Morgan fingerprint density at radius 1 is 1.28 bits per heavy atom. The van der Waals surface area contributed by atoms with E-state index in [2.05, 4.69) is 4.99 Å². The summed E-state index contributed by atoms with van der Waals surface area (Å²) in [6.45, 7) is 3.30. The van der Waals surface area contributed by atoms with Crippen LogP contribution >= 0.6 is 0 Å². The second kappa shape index (κ2) is 9.21. The molecule has 0 saturated heterocycles. The van der Waals surface area contributed by atoms with Gasteiger partial charge < -0.3 is 10.5 Å². The van der Waals surface area contributed by atoms with Crippen LogP contribution in [0, 0.1) is 22.5 Å². The molecule has 0 aliphatic heterocycles. The van der Waals surface area contributed by atoms with Crippen molar-refractivity contribution in [2.45, 2.75) is 13.8 Å². The molecule has 25 heavy (non-hydrogen) atoms. The molecule has 6 nitrogen and oxygen atoms in total. The van der Waals surface area contributed by atoms with Crippen LogP contribution in [0.3, 0.4) is 0 Å². The largest absolute Gasteiger partial charge is 0.473 e. The minimum absolute atomic E-state index is 0.0429. The highest BCUT2D eigenvalue weighted by Gasteiger charge is 2.10. The van der Waals surface area contributed by atoms with Gasteiger partial charge in [0.1, 0.15) is 12.3 Å². The summed E-state index contributed by atoms with van der Waals surface area (Å²) in [5.74, 6) is -3.16. The zero-order chi connectivity index (χ0) is 19.0. The molecule has 0 aromatic heterocycles. The van der Waals surface area contributed by atoms with Crippen molar-refractivity contribution < 1.29 is 18.3 Å². The average molecular weight is 348 g/mol. The number of nitrogens with two attached hydrogens (primary N) is 1. The van der Waals surface area contributed by atoms with Gasteiger partial charge in [-0.3, -0.25) is 20.6 Å². The quantitative estimate of drug-likeness (QED) is 0.520. The molecule has 0 heterocycles. The van der Waals surface area contributed by atoms with Crippen LogP contribution in [0.5, 0.6) is 0 Å². The van der Waals surface area contributed by atoms with E-state index in [1.165, 1.54) is 12.3 Å². The number of aliphatic imine (C=N–C) groups is 1. The summed E-state index contributed by atoms with van der Waals surface area (Å²) >= 11 is 0. The highest BCUT2D eigenvalue weighted by atomic mass is 19.2. The fourth-order valence-corrected chi connectivity index (χ4v) is 1.75. The van der Waals surface area contributed by atoms with Crippen molar-refractivity contribution in [3.8, 4) is 0 Å². The van der Waals surface area contributed by atoms with Gasteiger partial charge >= 0.3 is 0 Å². The number of halogens is 2. The maximum Gasteiger partial charge on any atom is 0.266 e. The van der Waals surface area contributed by atoms with E-state index in [0.29, 0.717) is 16.8 Å². The zero-order valence-corrected chi connectivity index (χ0v) is 13.8. The fourth-order valence-electron chi connectivity index (χ4n) is 1.75. The first-order valence-corrected chi connectivity index (χ1v) is 7.17. The van der Waals surface area contributed by atoms with Gasteiger partial charge in [-0.15, -0.1) is 0 Å². The second-order valence-corrected chi connectivity index (χ2v) is 4.91. The highest BCUT2D eigenvalue weighted by molar-refractivity contribution is 6.41. The summed E-state index contributed by atoms with van der Waals surface area (Å²) in [5.41, 5.74) is 5.78. The number of nitrogens with one attached hydrogen (secondary N) is 2. The van der Waals surface area contributed by atoms with E-state index in [1.807, 2.05) is 0 Å². The molecular formula is C17H18F2N4O2. The van der Waals surface area contributed by atoms with Crippen LogP contribution in [-0.4, -0.2) is 30.3 Å². The monoisotopic (exact) mass is 348 g/mol. The van der Waals surface area contributed by atoms with Crippen molar-refractivity contribution in [3.63, 3.8) is 0 Å². The van der Waals surface area contributed by atoms with E-state index in [1.54, 1.807) is 13.8 Å².